The van der Waals surface area contributed by atoms with Crippen LogP contribution in [0, 0.1) is 11.3 Å². The molecule has 2 aromatic rings. The highest BCUT2D eigenvalue weighted by Crippen LogP contribution is 2.16. The highest BCUT2D eigenvalue weighted by atomic mass is 16.5. The van der Waals surface area contributed by atoms with E-state index in [2.05, 4.69) is 10.6 Å². The van der Waals surface area contributed by atoms with Crippen molar-refractivity contribution in [3.63, 3.8) is 0 Å². The molecule has 0 saturated heterocycles. The zero-order valence-corrected chi connectivity index (χ0v) is 14.0. The van der Waals surface area contributed by atoms with Gasteiger partial charge in [0.1, 0.15) is 17.4 Å². The first-order valence-corrected chi connectivity index (χ1v) is 7.78. The van der Waals surface area contributed by atoms with E-state index in [0.717, 1.165) is 0 Å². The summed E-state index contributed by atoms with van der Waals surface area (Å²) < 4.78 is 4.88. The smallest absolute Gasteiger partial charge is 0.338 e. The van der Waals surface area contributed by atoms with Gasteiger partial charge in [0.2, 0.25) is 0 Å². The summed E-state index contributed by atoms with van der Waals surface area (Å²) in [7, 11) is 0. The first kappa shape index (κ1) is 18.5. The Kier molecular flexibility index (Phi) is 6.34. The fourth-order valence-electron chi connectivity index (χ4n) is 2.00. The van der Waals surface area contributed by atoms with Gasteiger partial charge in [-0.25, -0.2) is 4.79 Å². The Morgan fingerprint density at radius 2 is 1.92 bits per heavy atom. The van der Waals surface area contributed by atoms with E-state index < -0.39 is 11.9 Å². The van der Waals surface area contributed by atoms with Gasteiger partial charge in [0.25, 0.3) is 5.91 Å². The number of carbonyl (C=O) groups excluding carboxylic acids is 2. The number of phenols is 1. The largest absolute Gasteiger partial charge is 0.508 e. The molecule has 0 unspecified atom stereocenters. The standard InChI is InChI=1S/C19H17N3O4/c1-2-26-19(25)13-6-8-15(9-7-13)22-18(24)14(11-20)12-21-16-4-3-5-17(23)10-16/h3-10,12,21,23H,2H2,1H3,(H,22,24)/b14-12-. The van der Waals surface area contributed by atoms with Crippen LogP contribution in [0.1, 0.15) is 17.3 Å². The fraction of sp³-hybridized carbons (Fsp3) is 0.105. The minimum atomic E-state index is -0.607. The maximum Gasteiger partial charge on any atom is 0.338 e. The molecule has 0 fully saturated rings. The first-order valence-electron chi connectivity index (χ1n) is 7.78. The summed E-state index contributed by atoms with van der Waals surface area (Å²) in [5, 5.41) is 23.9. The number of rotatable bonds is 6. The highest BCUT2D eigenvalue weighted by Gasteiger charge is 2.11. The zero-order chi connectivity index (χ0) is 18.9. The number of amides is 1. The lowest BCUT2D eigenvalue weighted by Gasteiger charge is -2.07. The van der Waals surface area contributed by atoms with E-state index in [4.69, 9.17) is 10.00 Å². The Labute approximate surface area is 150 Å². The number of hydrogen-bond donors (Lipinski definition) is 3. The minimum absolute atomic E-state index is 0.0630. The summed E-state index contributed by atoms with van der Waals surface area (Å²) in [4.78, 5) is 23.8. The molecule has 2 rings (SSSR count). The van der Waals surface area contributed by atoms with Gasteiger partial charge in [0.15, 0.2) is 0 Å². The predicted molar refractivity (Wildman–Crippen MR) is 96.5 cm³/mol. The van der Waals surface area contributed by atoms with Gasteiger partial charge in [-0.3, -0.25) is 4.79 Å². The van der Waals surface area contributed by atoms with Crippen LogP contribution >= 0.6 is 0 Å². The van der Waals surface area contributed by atoms with E-state index in [1.807, 2.05) is 0 Å². The molecule has 0 radical (unpaired) electrons. The highest BCUT2D eigenvalue weighted by molar-refractivity contribution is 6.06. The lowest BCUT2D eigenvalue weighted by molar-refractivity contribution is -0.112. The fourth-order valence-corrected chi connectivity index (χ4v) is 2.00. The molecule has 0 aliphatic rings. The van der Waals surface area contributed by atoms with Crippen LogP contribution in [0.3, 0.4) is 0 Å². The van der Waals surface area contributed by atoms with Gasteiger partial charge in [0.05, 0.1) is 12.2 Å². The van der Waals surface area contributed by atoms with Crippen molar-refractivity contribution in [3.8, 4) is 11.8 Å². The van der Waals surface area contributed by atoms with Crippen LogP contribution in [0.4, 0.5) is 11.4 Å². The van der Waals surface area contributed by atoms with Crippen LogP contribution in [-0.2, 0) is 9.53 Å². The number of phenolic OH excluding ortho intramolecular Hbond substituents is 1. The topological polar surface area (TPSA) is 111 Å². The quantitative estimate of drug-likeness (QED) is 0.419. The maximum absolute atomic E-state index is 12.2. The summed E-state index contributed by atoms with van der Waals surface area (Å²) in [5.41, 5.74) is 1.18. The van der Waals surface area contributed by atoms with Gasteiger partial charge in [-0.2, -0.15) is 5.26 Å². The molecule has 0 aliphatic heterocycles. The summed E-state index contributed by atoms with van der Waals surface area (Å²) in [6.07, 6.45) is 1.25. The van der Waals surface area contributed by atoms with Crippen molar-refractivity contribution in [3.05, 3.63) is 65.9 Å². The molecule has 26 heavy (non-hydrogen) atoms. The molecule has 132 valence electrons. The Balaban J connectivity index is 2.03. The van der Waals surface area contributed by atoms with Crippen LogP contribution < -0.4 is 10.6 Å². The number of hydrogen-bond acceptors (Lipinski definition) is 6. The lowest BCUT2D eigenvalue weighted by Crippen LogP contribution is -2.14. The second-order valence-corrected chi connectivity index (χ2v) is 5.12. The molecular formula is C19H17N3O4. The van der Waals surface area contributed by atoms with Crippen molar-refractivity contribution in [2.45, 2.75) is 6.92 Å². The summed E-state index contributed by atoms with van der Waals surface area (Å²) in [6.45, 7) is 1.99. The molecule has 0 saturated carbocycles. The predicted octanol–water partition coefficient (Wildman–Crippen LogP) is 3.03. The van der Waals surface area contributed by atoms with Crippen molar-refractivity contribution in [1.29, 1.82) is 5.26 Å². The normalized spacial score (nSPS) is 10.5. The van der Waals surface area contributed by atoms with Gasteiger partial charge < -0.3 is 20.5 Å². The van der Waals surface area contributed by atoms with Crippen molar-refractivity contribution in [2.24, 2.45) is 0 Å². The lowest BCUT2D eigenvalue weighted by atomic mass is 10.2. The number of nitrogens with one attached hydrogen (secondary N) is 2. The third-order valence-electron chi connectivity index (χ3n) is 3.25. The molecule has 7 heteroatoms. The second-order valence-electron chi connectivity index (χ2n) is 5.12. The van der Waals surface area contributed by atoms with E-state index in [0.29, 0.717) is 16.9 Å². The molecule has 0 heterocycles. The average Bonchev–Trinajstić information content (AvgIpc) is 2.63. The number of nitrogens with zero attached hydrogens (tertiary/aromatic N) is 1. The van der Waals surface area contributed by atoms with Crippen LogP contribution in [0.2, 0.25) is 0 Å². The minimum Gasteiger partial charge on any atom is -0.508 e. The van der Waals surface area contributed by atoms with Crippen LogP contribution in [-0.4, -0.2) is 23.6 Å². The molecule has 1 amide bonds. The number of aromatic hydroxyl groups is 1. The van der Waals surface area contributed by atoms with Crippen molar-refractivity contribution in [1.82, 2.24) is 0 Å². The van der Waals surface area contributed by atoms with Gasteiger partial charge in [-0.15, -0.1) is 0 Å². The number of ether oxygens (including phenoxy) is 1. The number of nitriles is 1. The third kappa shape index (κ3) is 5.11. The Bertz CT molecular complexity index is 867. The van der Waals surface area contributed by atoms with E-state index in [1.54, 1.807) is 37.3 Å². The molecule has 7 nitrogen and oxygen atoms in total. The van der Waals surface area contributed by atoms with Crippen molar-refractivity contribution >= 4 is 23.3 Å². The Morgan fingerprint density at radius 1 is 1.19 bits per heavy atom. The average molecular weight is 351 g/mol. The third-order valence-corrected chi connectivity index (χ3v) is 3.25. The number of carbonyl (C=O) groups is 2. The molecule has 0 atom stereocenters. The van der Waals surface area contributed by atoms with Crippen LogP contribution in [0.5, 0.6) is 5.75 Å². The number of esters is 1. The van der Waals surface area contributed by atoms with Gasteiger partial charge in [-0.05, 0) is 43.3 Å². The van der Waals surface area contributed by atoms with E-state index in [-0.39, 0.29) is 17.9 Å². The van der Waals surface area contributed by atoms with Gasteiger partial charge >= 0.3 is 5.97 Å². The maximum atomic E-state index is 12.2. The van der Waals surface area contributed by atoms with Gasteiger partial charge in [0, 0.05) is 23.6 Å². The van der Waals surface area contributed by atoms with E-state index in [9.17, 15) is 14.7 Å². The summed E-state index contributed by atoms with van der Waals surface area (Å²) in [6, 6.07) is 14.2. The molecule has 0 bridgehead atoms. The molecule has 0 aromatic heterocycles. The Hall–Kier alpha value is -3.79. The van der Waals surface area contributed by atoms with Crippen LogP contribution in [0.25, 0.3) is 0 Å². The first-order chi connectivity index (χ1) is 12.5. The SMILES string of the molecule is CCOC(=O)c1ccc(NC(=O)/C(C#N)=C\Nc2cccc(O)c2)cc1. The summed E-state index contributed by atoms with van der Waals surface area (Å²) in [5.74, 6) is -0.990. The van der Waals surface area contributed by atoms with Crippen LogP contribution in [0.15, 0.2) is 60.3 Å². The molecular weight excluding hydrogens is 334 g/mol. The Morgan fingerprint density at radius 3 is 2.54 bits per heavy atom. The number of anilines is 2. The second kappa shape index (κ2) is 8.89. The van der Waals surface area contributed by atoms with E-state index in [1.165, 1.54) is 30.5 Å². The molecule has 3 N–H and O–H groups in total. The molecule has 0 aliphatic carbocycles. The number of benzene rings is 2. The van der Waals surface area contributed by atoms with Crippen molar-refractivity contribution < 1.29 is 19.4 Å². The molecule has 2 aromatic carbocycles. The van der Waals surface area contributed by atoms with Gasteiger partial charge in [-0.1, -0.05) is 6.07 Å². The van der Waals surface area contributed by atoms with E-state index >= 15 is 0 Å². The monoisotopic (exact) mass is 351 g/mol. The molecule has 0 spiro atoms. The van der Waals surface area contributed by atoms with Crippen molar-refractivity contribution in [2.75, 3.05) is 17.2 Å². The summed E-state index contributed by atoms with van der Waals surface area (Å²) >= 11 is 0. The zero-order valence-electron chi connectivity index (χ0n) is 14.0.